The molecule has 104 valence electrons. The molecule has 0 unspecified atom stereocenters. The molecule has 0 spiro atoms. The van der Waals surface area contributed by atoms with E-state index in [9.17, 15) is 4.79 Å². The van der Waals surface area contributed by atoms with Crippen LogP contribution in [-0.4, -0.2) is 35.2 Å². The predicted octanol–water partition coefficient (Wildman–Crippen LogP) is 2.78. The molecular formula is C15H17N3OS. The Morgan fingerprint density at radius 2 is 2.00 bits per heavy atom. The lowest BCUT2D eigenvalue weighted by Gasteiger charge is -2.32. The number of rotatable bonds is 2. The van der Waals surface area contributed by atoms with Gasteiger partial charge in [0.05, 0.1) is 0 Å². The molecule has 1 aromatic carbocycles. The fraction of sp³-hybridized carbons (Fsp3) is 0.400. The van der Waals surface area contributed by atoms with Gasteiger partial charge in [-0.2, -0.15) is 5.26 Å². The summed E-state index contributed by atoms with van der Waals surface area (Å²) in [5.74, 6) is 0.312. The number of ketones is 1. The Labute approximate surface area is 123 Å². The van der Waals surface area contributed by atoms with Gasteiger partial charge in [-0.05, 0) is 19.1 Å². The minimum Gasteiger partial charge on any atom is -0.351 e. The monoisotopic (exact) mass is 287 g/mol. The normalized spacial score (nSPS) is 16.8. The SMILES string of the molecule is CSC(=NC#N)N1CCC(C(=O)c2ccccc2)CC1. The number of likely N-dealkylation sites (tertiary alicyclic amines) is 1. The Bertz CT molecular complexity index is 528. The first-order valence-corrected chi connectivity index (χ1v) is 7.83. The van der Waals surface area contributed by atoms with E-state index >= 15 is 0 Å². The number of Topliss-reactive ketones (excluding diaryl/α,β-unsaturated/α-hetero) is 1. The Morgan fingerprint density at radius 3 is 2.55 bits per heavy atom. The summed E-state index contributed by atoms with van der Waals surface area (Å²) in [6, 6.07) is 9.46. The number of benzene rings is 1. The molecule has 1 aromatic rings. The van der Waals surface area contributed by atoms with Crippen LogP contribution in [0.4, 0.5) is 0 Å². The number of aliphatic imine (C=N–C) groups is 1. The zero-order valence-electron chi connectivity index (χ0n) is 11.5. The summed E-state index contributed by atoms with van der Waals surface area (Å²) in [5, 5.41) is 9.40. The van der Waals surface area contributed by atoms with Gasteiger partial charge in [0.25, 0.3) is 0 Å². The average Bonchev–Trinajstić information content (AvgIpc) is 2.53. The summed E-state index contributed by atoms with van der Waals surface area (Å²) in [6.07, 6.45) is 5.38. The van der Waals surface area contributed by atoms with Gasteiger partial charge in [-0.1, -0.05) is 42.1 Å². The van der Waals surface area contributed by atoms with E-state index in [0.29, 0.717) is 0 Å². The third kappa shape index (κ3) is 3.40. The van der Waals surface area contributed by atoms with E-state index in [1.165, 1.54) is 11.8 Å². The fourth-order valence-corrected chi connectivity index (χ4v) is 3.03. The van der Waals surface area contributed by atoms with E-state index in [0.717, 1.165) is 36.7 Å². The summed E-state index contributed by atoms with van der Waals surface area (Å²) in [7, 11) is 0. The summed E-state index contributed by atoms with van der Waals surface area (Å²) in [6.45, 7) is 1.56. The smallest absolute Gasteiger partial charge is 0.208 e. The van der Waals surface area contributed by atoms with Crippen LogP contribution >= 0.6 is 11.8 Å². The molecule has 5 heteroatoms. The van der Waals surface area contributed by atoms with Crippen molar-refractivity contribution in [1.29, 1.82) is 5.26 Å². The van der Waals surface area contributed by atoms with Crippen molar-refractivity contribution in [2.75, 3.05) is 19.3 Å². The molecule has 4 nitrogen and oxygen atoms in total. The van der Waals surface area contributed by atoms with Crippen LogP contribution in [0.3, 0.4) is 0 Å². The summed E-state index contributed by atoms with van der Waals surface area (Å²) < 4.78 is 0. The maximum atomic E-state index is 12.4. The molecule has 0 radical (unpaired) electrons. The van der Waals surface area contributed by atoms with Crippen molar-refractivity contribution in [3.63, 3.8) is 0 Å². The Morgan fingerprint density at radius 1 is 1.35 bits per heavy atom. The first-order valence-electron chi connectivity index (χ1n) is 6.61. The van der Waals surface area contributed by atoms with Crippen molar-refractivity contribution in [2.45, 2.75) is 12.8 Å². The Kier molecular flexibility index (Phi) is 5.19. The third-order valence-corrected chi connectivity index (χ3v) is 4.24. The average molecular weight is 287 g/mol. The number of nitriles is 1. The highest BCUT2D eigenvalue weighted by Crippen LogP contribution is 2.23. The van der Waals surface area contributed by atoms with Gasteiger partial charge in [-0.25, -0.2) is 0 Å². The van der Waals surface area contributed by atoms with Crippen molar-refractivity contribution in [3.05, 3.63) is 35.9 Å². The second-order valence-electron chi connectivity index (χ2n) is 4.69. The van der Waals surface area contributed by atoms with Crippen molar-refractivity contribution in [2.24, 2.45) is 10.9 Å². The molecule has 0 saturated carbocycles. The van der Waals surface area contributed by atoms with Crippen LogP contribution in [0.5, 0.6) is 0 Å². The van der Waals surface area contributed by atoms with E-state index in [1.807, 2.05) is 42.8 Å². The molecule has 0 aromatic heterocycles. The van der Waals surface area contributed by atoms with Crippen molar-refractivity contribution in [1.82, 2.24) is 4.90 Å². The third-order valence-electron chi connectivity index (χ3n) is 3.52. The topological polar surface area (TPSA) is 56.5 Å². The number of hydrogen-bond donors (Lipinski definition) is 0. The number of carbonyl (C=O) groups excluding carboxylic acids is 1. The molecule has 1 aliphatic rings. The van der Waals surface area contributed by atoms with Crippen LogP contribution in [0.2, 0.25) is 0 Å². The van der Waals surface area contributed by atoms with Crippen molar-refractivity contribution in [3.8, 4) is 6.19 Å². The molecule has 2 rings (SSSR count). The number of piperidine rings is 1. The quantitative estimate of drug-likeness (QED) is 0.363. The van der Waals surface area contributed by atoms with E-state index < -0.39 is 0 Å². The first kappa shape index (κ1) is 14.6. The minimum atomic E-state index is 0.0823. The molecule has 0 N–H and O–H groups in total. The molecule has 1 heterocycles. The van der Waals surface area contributed by atoms with Gasteiger partial charge >= 0.3 is 0 Å². The molecule has 1 aliphatic heterocycles. The number of amidine groups is 1. The molecule has 0 aliphatic carbocycles. The van der Waals surface area contributed by atoms with Crippen molar-refractivity contribution < 1.29 is 4.79 Å². The van der Waals surface area contributed by atoms with Gasteiger partial charge in [-0.3, -0.25) is 4.79 Å². The maximum absolute atomic E-state index is 12.4. The van der Waals surface area contributed by atoms with E-state index in [-0.39, 0.29) is 11.7 Å². The molecule has 1 fully saturated rings. The van der Waals surface area contributed by atoms with Gasteiger partial charge in [0, 0.05) is 24.6 Å². The van der Waals surface area contributed by atoms with E-state index in [4.69, 9.17) is 5.26 Å². The second kappa shape index (κ2) is 7.11. The highest BCUT2D eigenvalue weighted by atomic mass is 32.2. The number of hydrogen-bond acceptors (Lipinski definition) is 4. The van der Waals surface area contributed by atoms with Gasteiger partial charge in [0.1, 0.15) is 0 Å². The highest BCUT2D eigenvalue weighted by molar-refractivity contribution is 8.13. The van der Waals surface area contributed by atoms with E-state index in [2.05, 4.69) is 9.89 Å². The van der Waals surface area contributed by atoms with Gasteiger partial charge < -0.3 is 4.90 Å². The maximum Gasteiger partial charge on any atom is 0.208 e. The standard InChI is InChI=1S/C15H17N3OS/c1-20-15(17-11-16)18-9-7-13(8-10-18)14(19)12-5-3-2-4-6-12/h2-6,13H,7-10H2,1H3. The van der Waals surface area contributed by atoms with Gasteiger partial charge in [-0.15, -0.1) is 4.99 Å². The molecule has 0 atom stereocenters. The van der Waals surface area contributed by atoms with Gasteiger partial charge in [0.2, 0.25) is 6.19 Å². The molecule has 1 saturated heterocycles. The van der Waals surface area contributed by atoms with Crippen LogP contribution in [0, 0.1) is 17.4 Å². The second-order valence-corrected chi connectivity index (χ2v) is 5.46. The lowest BCUT2D eigenvalue weighted by molar-refractivity contribution is 0.0873. The van der Waals surface area contributed by atoms with Crippen molar-refractivity contribution >= 4 is 22.7 Å². The summed E-state index contributed by atoms with van der Waals surface area (Å²) in [5.41, 5.74) is 0.793. The van der Waals surface area contributed by atoms with Crippen LogP contribution in [0.25, 0.3) is 0 Å². The Balaban J connectivity index is 1.97. The lowest BCUT2D eigenvalue weighted by Crippen LogP contribution is -2.39. The highest BCUT2D eigenvalue weighted by Gasteiger charge is 2.26. The van der Waals surface area contributed by atoms with E-state index in [1.54, 1.807) is 0 Å². The molecule has 0 bridgehead atoms. The Hall–Kier alpha value is -1.80. The zero-order valence-corrected chi connectivity index (χ0v) is 12.3. The number of carbonyl (C=O) groups is 1. The minimum absolute atomic E-state index is 0.0823. The largest absolute Gasteiger partial charge is 0.351 e. The number of thioether (sulfide) groups is 1. The van der Waals surface area contributed by atoms with Crippen LogP contribution in [0.1, 0.15) is 23.2 Å². The number of nitrogens with zero attached hydrogens (tertiary/aromatic N) is 3. The van der Waals surface area contributed by atoms with Crippen LogP contribution in [0.15, 0.2) is 35.3 Å². The van der Waals surface area contributed by atoms with Gasteiger partial charge in [0.15, 0.2) is 11.0 Å². The fourth-order valence-electron chi connectivity index (χ4n) is 2.46. The lowest BCUT2D eigenvalue weighted by atomic mass is 9.89. The predicted molar refractivity (Wildman–Crippen MR) is 81.6 cm³/mol. The molecular weight excluding hydrogens is 270 g/mol. The van der Waals surface area contributed by atoms with Crippen LogP contribution in [-0.2, 0) is 0 Å². The van der Waals surface area contributed by atoms with Crippen LogP contribution < -0.4 is 0 Å². The first-order chi connectivity index (χ1) is 9.76. The summed E-state index contributed by atoms with van der Waals surface area (Å²) in [4.78, 5) is 18.3. The zero-order chi connectivity index (χ0) is 14.4. The molecule has 0 amide bonds. The summed E-state index contributed by atoms with van der Waals surface area (Å²) >= 11 is 1.48. The molecule has 20 heavy (non-hydrogen) atoms.